The van der Waals surface area contributed by atoms with Crippen molar-refractivity contribution in [1.29, 1.82) is 0 Å². The van der Waals surface area contributed by atoms with Crippen molar-refractivity contribution in [2.45, 2.75) is 43.7 Å². The van der Waals surface area contributed by atoms with Crippen LogP contribution in [0.1, 0.15) is 38.5 Å². The van der Waals surface area contributed by atoms with Gasteiger partial charge in [-0.1, -0.05) is 17.9 Å². The second-order valence-electron chi connectivity index (χ2n) is 7.32. The first-order valence-electron chi connectivity index (χ1n) is 10.3. The predicted octanol–water partition coefficient (Wildman–Crippen LogP) is 1.87. The molecule has 0 atom stereocenters. The molecule has 1 aliphatic rings. The summed E-state index contributed by atoms with van der Waals surface area (Å²) < 4.78 is 33.7. The van der Waals surface area contributed by atoms with Crippen LogP contribution >= 0.6 is 0 Å². The summed E-state index contributed by atoms with van der Waals surface area (Å²) in [4.78, 5) is 39.1. The van der Waals surface area contributed by atoms with E-state index in [1.54, 1.807) is 24.3 Å². The van der Waals surface area contributed by atoms with Gasteiger partial charge in [0, 0.05) is 31.2 Å². The van der Waals surface area contributed by atoms with E-state index in [-0.39, 0.29) is 18.7 Å². The Hall–Kier alpha value is -3.48. The lowest BCUT2D eigenvalue weighted by molar-refractivity contribution is -0.171. The number of benzene rings is 1. The number of hydrogen-bond acceptors (Lipinski definition) is 10. The molecule has 2 aromatic rings. The number of nitrogens with zero attached hydrogens (tertiary/aromatic N) is 3. The summed E-state index contributed by atoms with van der Waals surface area (Å²) in [5.74, 6) is -0.267. The minimum atomic E-state index is -3.55. The number of ether oxygens (including phenoxy) is 1. The lowest BCUT2D eigenvalue weighted by Crippen LogP contribution is -2.37. The summed E-state index contributed by atoms with van der Waals surface area (Å²) in [6, 6.07) is 6.85. The molecule has 1 saturated heterocycles. The second kappa shape index (κ2) is 10.9. The molecule has 13 heteroatoms. The Balaban J connectivity index is 1.27. The maximum atomic E-state index is 11.6. The van der Waals surface area contributed by atoms with E-state index < -0.39 is 33.0 Å². The van der Waals surface area contributed by atoms with Crippen LogP contribution in [0.15, 0.2) is 33.9 Å². The summed E-state index contributed by atoms with van der Waals surface area (Å²) in [6.45, 7) is 0.876. The van der Waals surface area contributed by atoms with Gasteiger partial charge in [-0.05, 0) is 37.1 Å². The van der Waals surface area contributed by atoms with E-state index in [1.807, 2.05) is 0 Å². The monoisotopic (exact) mass is 480 g/mol. The van der Waals surface area contributed by atoms with Gasteiger partial charge in [0.25, 0.3) is 11.8 Å². The Kier molecular flexibility index (Phi) is 7.98. The fourth-order valence-corrected chi connectivity index (χ4v) is 3.32. The Morgan fingerprint density at radius 3 is 2.36 bits per heavy atom. The summed E-state index contributed by atoms with van der Waals surface area (Å²) in [6.07, 6.45) is 3.55. The van der Waals surface area contributed by atoms with Gasteiger partial charge in [-0.3, -0.25) is 9.59 Å². The van der Waals surface area contributed by atoms with Gasteiger partial charge in [0.2, 0.25) is 15.7 Å². The van der Waals surface area contributed by atoms with Crippen LogP contribution in [0.5, 0.6) is 5.75 Å². The normalized spacial score (nSPS) is 13.9. The van der Waals surface area contributed by atoms with Gasteiger partial charge in [-0.2, -0.15) is 0 Å². The molecule has 0 unspecified atom stereocenters. The largest absolute Gasteiger partial charge is 0.494 e. The van der Waals surface area contributed by atoms with Gasteiger partial charge in [0.05, 0.1) is 6.61 Å². The maximum Gasteiger partial charge on any atom is 0.432 e. The maximum absolute atomic E-state index is 11.6. The van der Waals surface area contributed by atoms with Crippen molar-refractivity contribution in [2.75, 3.05) is 19.4 Å². The third-order valence-corrected chi connectivity index (χ3v) is 5.41. The van der Waals surface area contributed by atoms with Crippen LogP contribution in [0.4, 0.5) is 4.79 Å². The summed E-state index contributed by atoms with van der Waals surface area (Å²) in [5, 5.41) is 9.84. The van der Waals surface area contributed by atoms with E-state index in [9.17, 15) is 22.8 Å². The van der Waals surface area contributed by atoms with E-state index in [1.165, 1.54) is 0 Å². The molecule has 0 spiro atoms. The molecular formula is C20H24N4O8S. The van der Waals surface area contributed by atoms with Gasteiger partial charge in [-0.15, -0.1) is 10.2 Å². The first kappa shape index (κ1) is 24.2. The van der Waals surface area contributed by atoms with E-state index in [2.05, 4.69) is 15.5 Å². The minimum absolute atomic E-state index is 0.0587. The van der Waals surface area contributed by atoms with Crippen molar-refractivity contribution in [2.24, 2.45) is 0 Å². The number of hydroxylamine groups is 2. The standard InChI is InChI=1S/C20H24N4O8S/c1-33(28,29)20-23-22-18(31-20)14-6-8-15(9-7-14)30-13-5-3-2-4-12-21-19(27)32-24-16(25)10-11-17(24)26/h6-9H,2-5,10-13H2,1H3,(H,21,27). The van der Waals surface area contributed by atoms with Gasteiger partial charge in [0.1, 0.15) is 5.75 Å². The average molecular weight is 480 g/mol. The number of rotatable bonds is 11. The van der Waals surface area contributed by atoms with Crippen LogP contribution in [0.2, 0.25) is 0 Å². The van der Waals surface area contributed by atoms with Crippen LogP contribution in [0, 0.1) is 0 Å². The Bertz CT molecular complexity index is 1080. The predicted molar refractivity (Wildman–Crippen MR) is 112 cm³/mol. The van der Waals surface area contributed by atoms with Gasteiger partial charge in [-0.25, -0.2) is 13.2 Å². The van der Waals surface area contributed by atoms with Crippen LogP contribution in [-0.4, -0.2) is 61.0 Å². The number of carbonyl (C=O) groups is 3. The summed E-state index contributed by atoms with van der Waals surface area (Å²) >= 11 is 0. The molecule has 2 heterocycles. The number of aromatic nitrogens is 2. The van der Waals surface area contributed by atoms with E-state index in [4.69, 9.17) is 14.0 Å². The number of unbranched alkanes of at least 4 members (excludes halogenated alkanes) is 3. The Morgan fingerprint density at radius 2 is 1.73 bits per heavy atom. The fourth-order valence-electron chi connectivity index (χ4n) is 2.90. The zero-order valence-electron chi connectivity index (χ0n) is 18.0. The smallest absolute Gasteiger partial charge is 0.432 e. The lowest BCUT2D eigenvalue weighted by atomic mass is 10.2. The molecule has 1 aromatic carbocycles. The first-order chi connectivity index (χ1) is 15.7. The number of sulfone groups is 1. The molecule has 0 saturated carbocycles. The summed E-state index contributed by atoms with van der Waals surface area (Å²) in [7, 11) is -3.55. The van der Waals surface area contributed by atoms with Crippen LogP contribution < -0.4 is 10.1 Å². The average Bonchev–Trinajstić information content (AvgIpc) is 3.39. The topological polar surface area (TPSA) is 158 Å². The van der Waals surface area contributed by atoms with Crippen LogP contribution in [-0.2, 0) is 24.3 Å². The van der Waals surface area contributed by atoms with E-state index >= 15 is 0 Å². The SMILES string of the molecule is CS(=O)(=O)c1nnc(-c2ccc(OCCCCCCNC(=O)ON3C(=O)CCC3=O)cc2)o1. The highest BCUT2D eigenvalue weighted by atomic mass is 32.2. The number of carbonyl (C=O) groups excluding carboxylic acids is 3. The van der Waals surface area contributed by atoms with Crippen molar-refractivity contribution in [1.82, 2.24) is 20.6 Å². The molecule has 0 bridgehead atoms. The highest BCUT2D eigenvalue weighted by Crippen LogP contribution is 2.22. The third kappa shape index (κ3) is 7.00. The zero-order valence-corrected chi connectivity index (χ0v) is 18.8. The van der Waals surface area contributed by atoms with Gasteiger partial charge >= 0.3 is 11.3 Å². The highest BCUT2D eigenvalue weighted by molar-refractivity contribution is 7.90. The van der Waals surface area contributed by atoms with Crippen molar-refractivity contribution in [3.8, 4) is 17.2 Å². The molecule has 1 aromatic heterocycles. The molecule has 3 rings (SSSR count). The number of amides is 3. The molecule has 1 fully saturated rings. The van der Waals surface area contributed by atoms with Crippen molar-refractivity contribution in [3.05, 3.63) is 24.3 Å². The third-order valence-electron chi connectivity index (χ3n) is 4.61. The molecule has 12 nitrogen and oxygen atoms in total. The van der Waals surface area contributed by atoms with Crippen LogP contribution in [0.3, 0.4) is 0 Å². The quantitative estimate of drug-likeness (QED) is 0.372. The number of hydrogen-bond donors (Lipinski definition) is 1. The van der Waals surface area contributed by atoms with E-state index in [0.717, 1.165) is 25.5 Å². The minimum Gasteiger partial charge on any atom is -0.494 e. The summed E-state index contributed by atoms with van der Waals surface area (Å²) in [5.41, 5.74) is 0.578. The van der Waals surface area contributed by atoms with Gasteiger partial charge in [0.15, 0.2) is 0 Å². The Labute approximate surface area is 190 Å². The molecule has 33 heavy (non-hydrogen) atoms. The first-order valence-corrected chi connectivity index (χ1v) is 12.2. The fraction of sp³-hybridized carbons (Fsp3) is 0.450. The van der Waals surface area contributed by atoms with Crippen LogP contribution in [0.25, 0.3) is 11.5 Å². The van der Waals surface area contributed by atoms with Gasteiger partial charge < -0.3 is 19.3 Å². The van der Waals surface area contributed by atoms with E-state index in [0.29, 0.717) is 35.9 Å². The molecule has 1 N–H and O–H groups in total. The highest BCUT2D eigenvalue weighted by Gasteiger charge is 2.32. The van der Waals surface area contributed by atoms with Crippen molar-refractivity contribution < 1.29 is 36.8 Å². The zero-order chi connectivity index (χ0) is 23.8. The molecular weight excluding hydrogens is 456 g/mol. The van der Waals surface area contributed by atoms with Crippen molar-refractivity contribution >= 4 is 27.7 Å². The molecule has 178 valence electrons. The lowest BCUT2D eigenvalue weighted by Gasteiger charge is -2.13. The molecule has 0 radical (unpaired) electrons. The molecule has 0 aliphatic carbocycles. The molecule has 3 amide bonds. The van der Waals surface area contributed by atoms with Crippen molar-refractivity contribution in [3.63, 3.8) is 0 Å². The molecule has 1 aliphatic heterocycles. The Morgan fingerprint density at radius 1 is 1.06 bits per heavy atom. The number of nitrogens with one attached hydrogen (secondary N) is 1. The second-order valence-corrected chi connectivity index (χ2v) is 9.21. The number of imide groups is 1.